The topological polar surface area (TPSA) is 173 Å². The number of hydrogen-bond donors (Lipinski definition) is 4. The Labute approximate surface area is 677 Å². The van der Waals surface area contributed by atoms with Crippen molar-refractivity contribution in [1.82, 2.24) is 39.5 Å². The maximum absolute atomic E-state index is 13.7. The molecule has 8 aliphatic carbocycles. The van der Waals surface area contributed by atoms with Crippen LogP contribution in [0, 0.1) is 46.3 Å². The molecule has 4 saturated heterocycles. The largest absolute Gasteiger partial charge is 0.408 e. The predicted molar refractivity (Wildman–Crippen MR) is 432 cm³/mol. The van der Waals surface area contributed by atoms with Crippen LogP contribution in [0.3, 0.4) is 0 Å². The molecule has 12 fully saturated rings. The summed E-state index contributed by atoms with van der Waals surface area (Å²) in [7, 11) is 0. The summed E-state index contributed by atoms with van der Waals surface area (Å²) in [5.41, 5.74) is 6.27. The van der Waals surface area contributed by atoms with Crippen molar-refractivity contribution < 1.29 is 60.1 Å². The molecule has 4 N–H and O–H groups in total. The Balaban J connectivity index is 0.000000114. The molecule has 16 nitrogen and oxygen atoms in total. The zero-order valence-electron chi connectivity index (χ0n) is 65.0. The van der Waals surface area contributed by atoms with E-state index in [9.17, 15) is 41.1 Å². The number of rotatable bonds is 17. The van der Waals surface area contributed by atoms with Gasteiger partial charge in [-0.3, -0.25) is 19.2 Å². The van der Waals surface area contributed by atoms with E-state index in [1.807, 2.05) is 71.7 Å². The average molecular weight is 1640 g/mol. The number of halogens is 9. The van der Waals surface area contributed by atoms with Gasteiger partial charge in [0.05, 0.1) is 141 Å². The summed E-state index contributed by atoms with van der Waals surface area (Å²) in [6, 6.07) is 21.6. The Morgan fingerprint density at radius 3 is 1.26 bits per heavy atom. The zero-order chi connectivity index (χ0) is 79.1. The summed E-state index contributed by atoms with van der Waals surface area (Å²) < 4.78 is 97.6. The Morgan fingerprint density at radius 1 is 0.496 bits per heavy atom. The summed E-state index contributed by atoms with van der Waals surface area (Å²) in [5, 5.41) is 17.4. The first-order chi connectivity index (χ1) is 54.1. The van der Waals surface area contributed by atoms with E-state index in [-0.39, 0.29) is 63.8 Å². The molecule has 113 heavy (non-hydrogen) atoms. The highest BCUT2D eigenvalue weighted by Gasteiger charge is 2.61. The van der Waals surface area contributed by atoms with Gasteiger partial charge in [-0.2, -0.15) is 13.2 Å². The maximum atomic E-state index is 13.7. The lowest BCUT2D eigenvalue weighted by Gasteiger charge is -2.66. The molecule has 8 aromatic rings. The first-order valence-corrected chi connectivity index (χ1v) is 42.7. The van der Waals surface area contributed by atoms with Crippen molar-refractivity contribution in [2.75, 3.05) is 59.4 Å². The third-order valence-corrected chi connectivity index (χ3v) is 29.0. The number of alkyl halides is 5. The van der Waals surface area contributed by atoms with Gasteiger partial charge >= 0.3 is 6.18 Å². The normalized spacial score (nSPS) is 25.7. The SMILES string of the molecule is CC(F)(F)C1CCC(CNC(=O)c2cn(C3COC3)c3cccc(Cl)c23)CC1.CC12C[C@H]3C[C@@H](C1)CC(C(C)(C)NC(=O)c1cn(C4COC4)c4cccc(Cl)c14)(C3)C2.O=C(NC1(C2CCCCC2)CC1)c1cn(C2COC2)c2cccc(Cl)c12.O=C(N[C@@H](C1CCCCC1)C(F)(F)F)c1cn(C2COC2)c2cccc(Cl)c12. The summed E-state index contributed by atoms with van der Waals surface area (Å²) in [6.45, 7) is 13.6. The molecule has 25 heteroatoms. The number of nitrogens with one attached hydrogen (secondary N) is 4. The van der Waals surface area contributed by atoms with E-state index in [4.69, 9.17) is 65.4 Å². The maximum Gasteiger partial charge on any atom is 0.408 e. The van der Waals surface area contributed by atoms with E-state index < -0.39 is 35.9 Å². The Morgan fingerprint density at radius 2 is 0.885 bits per heavy atom. The minimum atomic E-state index is -4.48. The minimum absolute atomic E-state index is 0.00277. The van der Waals surface area contributed by atoms with Crippen molar-refractivity contribution in [1.29, 1.82) is 0 Å². The van der Waals surface area contributed by atoms with Crippen LogP contribution in [0.15, 0.2) is 97.6 Å². The van der Waals surface area contributed by atoms with Gasteiger partial charge in [-0.25, -0.2) is 8.78 Å². The number of hydrogen-bond acceptors (Lipinski definition) is 8. The van der Waals surface area contributed by atoms with Crippen LogP contribution < -0.4 is 21.3 Å². The lowest BCUT2D eigenvalue weighted by atomic mass is 9.41. The Hall–Kier alpha value is -6.43. The third-order valence-electron chi connectivity index (χ3n) is 27.8. The first-order valence-electron chi connectivity index (χ1n) is 41.2. The molecule has 5 atom stereocenters. The van der Waals surface area contributed by atoms with E-state index in [0.29, 0.717) is 145 Å². The van der Waals surface area contributed by atoms with Gasteiger partial charge in [0.2, 0.25) is 5.92 Å². The van der Waals surface area contributed by atoms with Crippen molar-refractivity contribution in [3.63, 3.8) is 0 Å². The first kappa shape index (κ1) is 80.4. The molecular weight excluding hydrogens is 1530 g/mol. The molecule has 8 heterocycles. The number of nitrogens with zero attached hydrogens (tertiary/aromatic N) is 4. The van der Waals surface area contributed by atoms with Crippen molar-refractivity contribution >= 4 is 114 Å². The number of amides is 4. The van der Waals surface area contributed by atoms with E-state index in [1.165, 1.54) is 70.6 Å². The van der Waals surface area contributed by atoms with Crippen LogP contribution in [0.5, 0.6) is 0 Å². The van der Waals surface area contributed by atoms with Gasteiger partial charge in [-0.05, 0) is 212 Å². The van der Waals surface area contributed by atoms with Gasteiger partial charge in [0, 0.05) is 69.9 Å². The number of carbonyl (C=O) groups excluding carboxylic acids is 4. The lowest BCUT2D eigenvalue weighted by Crippen LogP contribution is -2.64. The molecule has 2 unspecified atom stereocenters. The fourth-order valence-corrected chi connectivity index (χ4v) is 22.6. The fourth-order valence-electron chi connectivity index (χ4n) is 21.5. The zero-order valence-corrected chi connectivity index (χ0v) is 68.0. The second-order valence-electron chi connectivity index (χ2n) is 36.0. The second-order valence-corrected chi connectivity index (χ2v) is 37.6. The minimum Gasteiger partial charge on any atom is -0.377 e. The molecule has 4 bridgehead atoms. The predicted octanol–water partition coefficient (Wildman–Crippen LogP) is 20.9. The van der Waals surface area contributed by atoms with Crippen LogP contribution >= 0.6 is 46.4 Å². The molecule has 4 amide bonds. The van der Waals surface area contributed by atoms with E-state index in [2.05, 4.69) is 61.8 Å². The van der Waals surface area contributed by atoms with Gasteiger partial charge in [0.15, 0.2) is 0 Å². The molecule has 0 spiro atoms. The van der Waals surface area contributed by atoms with Crippen LogP contribution in [0.1, 0.15) is 235 Å². The van der Waals surface area contributed by atoms with Crippen LogP contribution in [-0.2, 0) is 18.9 Å². The van der Waals surface area contributed by atoms with Gasteiger partial charge in [0.1, 0.15) is 6.04 Å². The number of carbonyl (C=O) groups is 4. The van der Waals surface area contributed by atoms with Crippen molar-refractivity contribution in [2.45, 2.75) is 222 Å². The van der Waals surface area contributed by atoms with Crippen molar-refractivity contribution in [3.8, 4) is 0 Å². The second kappa shape index (κ2) is 32.1. The van der Waals surface area contributed by atoms with Crippen LogP contribution in [0.4, 0.5) is 22.0 Å². The molecular formula is C88H105Cl4F5N8O8. The summed E-state index contributed by atoms with van der Waals surface area (Å²) in [5.74, 6) is -2.05. The lowest BCUT2D eigenvalue weighted by molar-refractivity contribution is -0.167. The van der Waals surface area contributed by atoms with Crippen LogP contribution in [0.25, 0.3) is 43.6 Å². The van der Waals surface area contributed by atoms with Gasteiger partial charge < -0.3 is 58.5 Å². The number of ether oxygens (including phenoxy) is 4. The van der Waals surface area contributed by atoms with Gasteiger partial charge in [0.25, 0.3) is 23.6 Å². The fraction of sp³-hybridized carbons (Fsp3) is 0.591. The van der Waals surface area contributed by atoms with Crippen molar-refractivity contribution in [3.05, 3.63) is 140 Å². The quantitative estimate of drug-likeness (QED) is 0.0652. The molecule has 20 rings (SSSR count). The van der Waals surface area contributed by atoms with E-state index >= 15 is 0 Å². The highest BCUT2D eigenvalue weighted by molar-refractivity contribution is 6.38. The Bertz CT molecular complexity index is 4840. The van der Waals surface area contributed by atoms with Gasteiger partial charge in [-0.1, -0.05) is 116 Å². The number of fused-ring (bicyclic) bond motifs is 4. The average Bonchev–Trinajstić information content (AvgIpc) is 1.70. The standard InChI is InChI=1S/C26H33ClN2O2.C21H25ClF2N2O2.C21H25ClN2O2.C20H22ClF3N2O2/c1-24(2,26-10-16-7-17(11-26)9-25(3,8-16)15-26)28-23(30)19-12-29(18-13-31-14-18)21-6-4-5-20(27)22(19)21;1-21(23,24)14-7-5-13(6-8-14)9-25-20(27)16-10-26(15-11-28-12-15)18-4-2-3-17(22)19(16)18;22-17-7-4-8-18-19(17)16(11-24(18)15-12-26-13-15)20(25)23-21(9-10-21)14-5-2-1-3-6-14;21-15-7-4-8-16-17(15)14(9-26(16)13-10-28-11-13)19(27)25-18(20(22,23)24)12-5-2-1-3-6-12/h4-6,12,16-18H,7-11,13-15H2,1-3H3,(H,28,30);2-4,10,13-15H,5-9,11-12H2,1H3,(H,25,27);4,7-8,11,14-15H,1-3,5-6,9-10,12-13H2,(H,23,25);4,7-9,12-13,18H,1-3,5-6,10-11H2,(H,25,27)/t16-,17+,25?,26?;;;18-/m...0/s1. The van der Waals surface area contributed by atoms with E-state index in [0.717, 1.165) is 102 Å². The van der Waals surface area contributed by atoms with Gasteiger partial charge in [-0.15, -0.1) is 0 Å². The van der Waals surface area contributed by atoms with Crippen LogP contribution in [0.2, 0.25) is 20.1 Å². The molecule has 0 radical (unpaired) electrons. The highest BCUT2D eigenvalue weighted by Crippen LogP contribution is 2.68. The summed E-state index contributed by atoms with van der Waals surface area (Å²) in [4.78, 5) is 52.8. The van der Waals surface area contributed by atoms with Crippen molar-refractivity contribution in [2.24, 2.45) is 46.3 Å². The summed E-state index contributed by atoms with van der Waals surface area (Å²) >= 11 is 25.8. The Kier molecular flexibility index (Phi) is 22.8. The third kappa shape index (κ3) is 16.2. The highest BCUT2D eigenvalue weighted by atomic mass is 35.5. The number of benzene rings is 4. The van der Waals surface area contributed by atoms with Crippen LogP contribution in [-0.4, -0.2) is 131 Å². The monoisotopic (exact) mass is 1640 g/mol. The molecule has 12 aliphatic rings. The molecule has 608 valence electrons. The molecule has 8 saturated carbocycles. The summed E-state index contributed by atoms with van der Waals surface area (Å²) in [6.07, 6.45) is 25.4. The molecule has 4 aromatic carbocycles. The van der Waals surface area contributed by atoms with E-state index in [1.54, 1.807) is 24.4 Å². The number of aromatic nitrogens is 4. The molecule has 4 aromatic heterocycles. The molecule has 4 aliphatic heterocycles. The smallest absolute Gasteiger partial charge is 0.377 e.